The van der Waals surface area contributed by atoms with Crippen LogP contribution in [-0.4, -0.2) is 55.8 Å². The predicted octanol–water partition coefficient (Wildman–Crippen LogP) is 2.57. The van der Waals surface area contributed by atoms with Crippen LogP contribution in [0.3, 0.4) is 0 Å². The van der Waals surface area contributed by atoms with Gasteiger partial charge in [0, 0.05) is 24.1 Å². The minimum absolute atomic E-state index is 0.0154. The van der Waals surface area contributed by atoms with E-state index in [-0.39, 0.29) is 36.4 Å². The highest BCUT2D eigenvalue weighted by molar-refractivity contribution is 6.08. The Morgan fingerprint density at radius 3 is 2.22 bits per heavy atom. The van der Waals surface area contributed by atoms with E-state index in [2.05, 4.69) is 0 Å². The first-order valence-electron chi connectivity index (χ1n) is 9.81. The third-order valence-corrected chi connectivity index (χ3v) is 5.15. The molecule has 9 heteroatoms. The zero-order valence-electron chi connectivity index (χ0n) is 18.3. The summed E-state index contributed by atoms with van der Waals surface area (Å²) in [5.41, 5.74) is 0.245. The van der Waals surface area contributed by atoms with Crippen molar-refractivity contribution in [1.82, 2.24) is 4.57 Å². The van der Waals surface area contributed by atoms with Gasteiger partial charge in [0.15, 0.2) is 11.5 Å². The number of hydrogen-bond donors (Lipinski definition) is 2. The number of benzene rings is 2. The van der Waals surface area contributed by atoms with Crippen LogP contribution in [0, 0.1) is 0 Å². The molecule has 0 saturated heterocycles. The molecular formula is C23H25NO8. The van der Waals surface area contributed by atoms with E-state index in [0.717, 1.165) is 0 Å². The fraction of sp³-hybridized carbons (Fsp3) is 0.304. The number of aliphatic hydroxyl groups excluding tert-OH is 1. The van der Waals surface area contributed by atoms with Crippen molar-refractivity contribution in [1.29, 1.82) is 0 Å². The van der Waals surface area contributed by atoms with Crippen LogP contribution >= 0.6 is 0 Å². The van der Waals surface area contributed by atoms with Crippen molar-refractivity contribution in [2.45, 2.75) is 13.0 Å². The summed E-state index contributed by atoms with van der Waals surface area (Å²) in [5, 5.41) is 20.2. The maximum absolute atomic E-state index is 13.3. The normalized spacial score (nSPS) is 10.8. The monoisotopic (exact) mass is 443 g/mol. The minimum Gasteiger partial charge on any atom is -0.507 e. The number of carbonyl (C=O) groups is 1. The fourth-order valence-electron chi connectivity index (χ4n) is 3.74. The Bertz CT molecular complexity index is 1190. The summed E-state index contributed by atoms with van der Waals surface area (Å²) in [6, 6.07) is 7.91. The van der Waals surface area contributed by atoms with E-state index in [1.807, 2.05) is 0 Å². The van der Waals surface area contributed by atoms with Gasteiger partial charge in [-0.2, -0.15) is 0 Å². The highest BCUT2D eigenvalue weighted by Gasteiger charge is 2.27. The number of phenols is 1. The van der Waals surface area contributed by atoms with Crippen molar-refractivity contribution < 1.29 is 34.0 Å². The number of rotatable bonds is 8. The van der Waals surface area contributed by atoms with Crippen molar-refractivity contribution in [2.75, 3.05) is 35.0 Å². The number of aromatic nitrogens is 1. The Morgan fingerprint density at radius 2 is 1.69 bits per heavy atom. The molecule has 3 aromatic rings. The Kier molecular flexibility index (Phi) is 6.89. The molecule has 0 radical (unpaired) electrons. The zero-order valence-corrected chi connectivity index (χ0v) is 18.3. The number of carbonyl (C=O) groups excluding carboxylic acids is 1. The van der Waals surface area contributed by atoms with Gasteiger partial charge in [0.05, 0.1) is 33.8 Å². The number of pyridine rings is 1. The van der Waals surface area contributed by atoms with Gasteiger partial charge in [-0.25, -0.2) is 4.79 Å². The summed E-state index contributed by atoms with van der Waals surface area (Å²) in [7, 11) is 5.63. The number of esters is 1. The van der Waals surface area contributed by atoms with E-state index in [0.29, 0.717) is 33.8 Å². The summed E-state index contributed by atoms with van der Waals surface area (Å²) in [5.74, 6) is 0.0849. The van der Waals surface area contributed by atoms with Crippen LogP contribution in [0.2, 0.25) is 0 Å². The van der Waals surface area contributed by atoms with Gasteiger partial charge >= 0.3 is 5.97 Å². The largest absolute Gasteiger partial charge is 0.507 e. The molecule has 0 saturated carbocycles. The first-order chi connectivity index (χ1) is 15.4. The first-order valence-corrected chi connectivity index (χ1v) is 9.81. The van der Waals surface area contributed by atoms with Crippen LogP contribution in [0.15, 0.2) is 35.1 Å². The van der Waals surface area contributed by atoms with Crippen LogP contribution in [-0.2, 0) is 11.3 Å². The molecule has 2 N–H and O–H groups in total. The molecule has 0 fully saturated rings. The molecule has 32 heavy (non-hydrogen) atoms. The highest BCUT2D eigenvalue weighted by atomic mass is 16.5. The summed E-state index contributed by atoms with van der Waals surface area (Å²) in [6.07, 6.45) is 0.220. The number of phenolic OH excluding ortho intramolecular Hbond substituents is 1. The van der Waals surface area contributed by atoms with Crippen LogP contribution in [0.25, 0.3) is 21.9 Å². The first kappa shape index (κ1) is 23.0. The lowest BCUT2D eigenvalue weighted by Gasteiger charge is -2.20. The zero-order chi connectivity index (χ0) is 23.4. The van der Waals surface area contributed by atoms with Gasteiger partial charge in [0.25, 0.3) is 5.56 Å². The van der Waals surface area contributed by atoms with E-state index in [9.17, 15) is 19.8 Å². The van der Waals surface area contributed by atoms with Gasteiger partial charge < -0.3 is 33.7 Å². The summed E-state index contributed by atoms with van der Waals surface area (Å²) < 4.78 is 22.5. The van der Waals surface area contributed by atoms with Crippen LogP contribution in [0.4, 0.5) is 0 Å². The molecule has 0 aliphatic heterocycles. The van der Waals surface area contributed by atoms with E-state index in [1.165, 1.54) is 39.1 Å². The predicted molar refractivity (Wildman–Crippen MR) is 118 cm³/mol. The van der Waals surface area contributed by atoms with E-state index < -0.39 is 11.5 Å². The van der Waals surface area contributed by atoms with E-state index >= 15 is 0 Å². The van der Waals surface area contributed by atoms with Gasteiger partial charge in [-0.3, -0.25) is 4.79 Å². The second-order valence-electron chi connectivity index (χ2n) is 6.86. The maximum atomic E-state index is 13.3. The minimum atomic E-state index is -0.742. The molecule has 0 bridgehead atoms. The summed E-state index contributed by atoms with van der Waals surface area (Å²) in [4.78, 5) is 26.2. The molecule has 3 rings (SSSR count). The fourth-order valence-corrected chi connectivity index (χ4v) is 3.74. The number of aliphatic hydroxyl groups is 1. The Morgan fingerprint density at radius 1 is 1.03 bits per heavy atom. The Balaban J connectivity index is 2.56. The number of methoxy groups -OCH3 is 4. The van der Waals surface area contributed by atoms with Crippen LogP contribution < -0.4 is 19.8 Å². The third-order valence-electron chi connectivity index (χ3n) is 5.15. The summed E-state index contributed by atoms with van der Waals surface area (Å²) >= 11 is 0. The standard InChI is InChI=1S/C23H25NO8/c1-29-16-11-13(12-17(30-2)21(16)31-3)18-14-7-5-8-15(26)19(14)22(27)24(9-6-10-25)20(18)23(28)32-4/h5,7-8,11-12,25-26H,6,9-10H2,1-4H3. The second kappa shape index (κ2) is 9.61. The quantitative estimate of drug-likeness (QED) is 0.511. The molecule has 0 unspecified atom stereocenters. The lowest BCUT2D eigenvalue weighted by molar-refractivity contribution is 0.0587. The molecule has 0 amide bonds. The van der Waals surface area contributed by atoms with Crippen molar-refractivity contribution in [3.63, 3.8) is 0 Å². The van der Waals surface area contributed by atoms with Crippen molar-refractivity contribution in [3.05, 3.63) is 46.4 Å². The number of hydrogen-bond acceptors (Lipinski definition) is 8. The number of nitrogens with zero attached hydrogens (tertiary/aromatic N) is 1. The van der Waals surface area contributed by atoms with Crippen LogP contribution in [0.1, 0.15) is 16.9 Å². The topological polar surface area (TPSA) is 116 Å². The van der Waals surface area contributed by atoms with Gasteiger partial charge in [-0.15, -0.1) is 0 Å². The number of fused-ring (bicyclic) bond motifs is 1. The van der Waals surface area contributed by atoms with Crippen molar-refractivity contribution >= 4 is 16.7 Å². The van der Waals surface area contributed by atoms with Crippen molar-refractivity contribution in [2.24, 2.45) is 0 Å². The molecule has 0 atom stereocenters. The highest BCUT2D eigenvalue weighted by Crippen LogP contribution is 2.44. The molecule has 0 spiro atoms. The van der Waals surface area contributed by atoms with E-state index in [4.69, 9.17) is 18.9 Å². The lowest BCUT2D eigenvalue weighted by Crippen LogP contribution is -2.28. The van der Waals surface area contributed by atoms with Crippen molar-refractivity contribution in [3.8, 4) is 34.1 Å². The third kappa shape index (κ3) is 3.82. The Hall–Kier alpha value is -3.72. The molecule has 2 aromatic carbocycles. The van der Waals surface area contributed by atoms with Gasteiger partial charge in [-0.1, -0.05) is 12.1 Å². The van der Waals surface area contributed by atoms with Gasteiger partial charge in [-0.05, 0) is 30.2 Å². The van der Waals surface area contributed by atoms with E-state index in [1.54, 1.807) is 24.3 Å². The Labute approximate surface area is 184 Å². The van der Waals surface area contributed by atoms with Crippen LogP contribution in [0.5, 0.6) is 23.0 Å². The second-order valence-corrected chi connectivity index (χ2v) is 6.86. The molecule has 0 aliphatic rings. The maximum Gasteiger partial charge on any atom is 0.355 e. The molecular weight excluding hydrogens is 418 g/mol. The SMILES string of the molecule is COC(=O)c1c(-c2cc(OC)c(OC)c(OC)c2)c2cccc(O)c2c(=O)n1CCCO. The molecule has 9 nitrogen and oxygen atoms in total. The average Bonchev–Trinajstić information content (AvgIpc) is 2.81. The number of aromatic hydroxyl groups is 1. The average molecular weight is 443 g/mol. The smallest absolute Gasteiger partial charge is 0.355 e. The molecule has 1 aromatic heterocycles. The summed E-state index contributed by atoms with van der Waals surface area (Å²) in [6.45, 7) is -0.146. The lowest BCUT2D eigenvalue weighted by atomic mass is 9.95. The molecule has 1 heterocycles. The van der Waals surface area contributed by atoms with Gasteiger partial charge in [0.2, 0.25) is 5.75 Å². The number of ether oxygens (including phenoxy) is 4. The molecule has 170 valence electrons. The molecule has 0 aliphatic carbocycles. The van der Waals surface area contributed by atoms with Gasteiger partial charge in [0.1, 0.15) is 11.4 Å².